The van der Waals surface area contributed by atoms with Crippen molar-refractivity contribution in [3.8, 4) is 0 Å². The molecule has 0 aliphatic rings. The summed E-state index contributed by atoms with van der Waals surface area (Å²) < 4.78 is 30.4. The molecule has 0 bridgehead atoms. The first-order chi connectivity index (χ1) is 13.3. The van der Waals surface area contributed by atoms with Gasteiger partial charge in [-0.05, 0) is 48.9 Å². The van der Waals surface area contributed by atoms with Gasteiger partial charge in [0.2, 0.25) is 10.0 Å². The molecule has 0 saturated carbocycles. The minimum Gasteiger partial charge on any atom is -0.462 e. The largest absolute Gasteiger partial charge is 0.462 e. The average Bonchev–Trinajstić information content (AvgIpc) is 2.68. The van der Waals surface area contributed by atoms with E-state index in [4.69, 9.17) is 4.74 Å². The van der Waals surface area contributed by atoms with E-state index < -0.39 is 21.9 Å². The molecule has 0 aromatic heterocycles. The van der Waals surface area contributed by atoms with Crippen molar-refractivity contribution in [2.24, 2.45) is 0 Å². The average molecular weight is 404 g/mol. The van der Waals surface area contributed by atoms with Crippen molar-refractivity contribution in [3.05, 3.63) is 59.7 Å². The Morgan fingerprint density at radius 2 is 1.71 bits per heavy atom. The molecule has 1 amide bonds. The van der Waals surface area contributed by atoms with Crippen LogP contribution in [0.3, 0.4) is 0 Å². The molecule has 0 spiro atoms. The van der Waals surface area contributed by atoms with Crippen molar-refractivity contribution in [1.29, 1.82) is 0 Å². The number of rotatable bonds is 8. The first-order valence-corrected chi connectivity index (χ1v) is 10.3. The van der Waals surface area contributed by atoms with Crippen LogP contribution in [-0.4, -0.2) is 45.3 Å². The summed E-state index contributed by atoms with van der Waals surface area (Å²) in [4.78, 5) is 24.5. The summed E-state index contributed by atoms with van der Waals surface area (Å²) >= 11 is 0. The molecule has 2 aromatic rings. The van der Waals surface area contributed by atoms with Gasteiger partial charge < -0.3 is 10.1 Å². The highest BCUT2D eigenvalue weighted by atomic mass is 32.2. The molecule has 0 aliphatic heterocycles. The Kier molecular flexibility index (Phi) is 7.31. The van der Waals surface area contributed by atoms with Gasteiger partial charge in [0.25, 0.3) is 5.91 Å². The third-order valence-electron chi connectivity index (χ3n) is 3.98. The summed E-state index contributed by atoms with van der Waals surface area (Å²) in [6.45, 7) is 2.36. The third kappa shape index (κ3) is 5.40. The number of carbonyl (C=O) groups excluding carboxylic acids is 2. The molecule has 0 heterocycles. The molecule has 7 nitrogen and oxygen atoms in total. The van der Waals surface area contributed by atoms with E-state index in [1.165, 1.54) is 44.4 Å². The van der Waals surface area contributed by atoms with E-state index >= 15 is 0 Å². The van der Waals surface area contributed by atoms with E-state index in [0.717, 1.165) is 17.1 Å². The molecule has 0 unspecified atom stereocenters. The van der Waals surface area contributed by atoms with E-state index in [9.17, 15) is 18.0 Å². The maximum absolute atomic E-state index is 12.4. The van der Waals surface area contributed by atoms with Crippen LogP contribution in [0.4, 0.5) is 5.69 Å². The molecule has 0 fully saturated rings. The Balaban J connectivity index is 2.09. The fraction of sp³-hybridized carbons (Fsp3) is 0.300. The van der Waals surface area contributed by atoms with Crippen LogP contribution in [-0.2, 0) is 14.8 Å². The number of anilines is 1. The van der Waals surface area contributed by atoms with Crippen molar-refractivity contribution in [3.63, 3.8) is 0 Å². The number of nitrogens with zero attached hydrogens (tertiary/aromatic N) is 1. The van der Waals surface area contributed by atoms with E-state index in [-0.39, 0.29) is 4.90 Å². The van der Waals surface area contributed by atoms with E-state index in [1.54, 1.807) is 18.2 Å². The lowest BCUT2D eigenvalue weighted by molar-refractivity contribution is 0.0499. The standard InChI is InChI=1S/C20H24N2O5S/c1-4-5-13-27-20(24)16-7-6-8-17(14-16)21-19(23)15-9-11-18(12-10-15)28(25,26)22(2)3/h6-12,14H,4-5,13H2,1-3H3,(H,21,23). The highest BCUT2D eigenvalue weighted by Gasteiger charge is 2.17. The van der Waals surface area contributed by atoms with Crippen LogP contribution in [0.25, 0.3) is 0 Å². The Labute approximate surface area is 165 Å². The number of ether oxygens (including phenoxy) is 1. The molecular weight excluding hydrogens is 380 g/mol. The highest BCUT2D eigenvalue weighted by Crippen LogP contribution is 2.16. The minimum absolute atomic E-state index is 0.103. The number of sulfonamides is 1. The number of nitrogens with one attached hydrogen (secondary N) is 1. The smallest absolute Gasteiger partial charge is 0.338 e. The van der Waals surface area contributed by atoms with E-state index in [1.807, 2.05) is 6.92 Å². The number of esters is 1. The van der Waals surface area contributed by atoms with Gasteiger partial charge in [0.1, 0.15) is 0 Å². The fourth-order valence-electron chi connectivity index (χ4n) is 2.31. The van der Waals surface area contributed by atoms with Crippen LogP contribution in [0, 0.1) is 0 Å². The Morgan fingerprint density at radius 3 is 2.32 bits per heavy atom. The predicted molar refractivity (Wildman–Crippen MR) is 107 cm³/mol. The van der Waals surface area contributed by atoms with E-state index in [2.05, 4.69) is 5.32 Å². The summed E-state index contributed by atoms with van der Waals surface area (Å²) in [7, 11) is -0.672. The Bertz CT molecular complexity index is 937. The zero-order chi connectivity index (χ0) is 20.7. The monoisotopic (exact) mass is 404 g/mol. The van der Waals surface area contributed by atoms with Crippen LogP contribution in [0.15, 0.2) is 53.4 Å². The molecule has 1 N–H and O–H groups in total. The van der Waals surface area contributed by atoms with Crippen molar-refractivity contribution in [2.45, 2.75) is 24.7 Å². The maximum Gasteiger partial charge on any atom is 0.338 e. The first-order valence-electron chi connectivity index (χ1n) is 8.87. The van der Waals surface area contributed by atoms with Crippen LogP contribution in [0.2, 0.25) is 0 Å². The lowest BCUT2D eigenvalue weighted by Crippen LogP contribution is -2.22. The van der Waals surface area contributed by atoms with Gasteiger partial charge in [-0.1, -0.05) is 19.4 Å². The molecule has 0 radical (unpaired) electrons. The van der Waals surface area contributed by atoms with Gasteiger partial charge in [0.05, 0.1) is 17.1 Å². The van der Waals surface area contributed by atoms with E-state index in [0.29, 0.717) is 23.4 Å². The number of carbonyl (C=O) groups is 2. The quantitative estimate of drug-likeness (QED) is 0.539. The summed E-state index contributed by atoms with van der Waals surface area (Å²) in [5.74, 6) is -0.854. The summed E-state index contributed by atoms with van der Waals surface area (Å²) in [5, 5.41) is 2.70. The third-order valence-corrected chi connectivity index (χ3v) is 5.81. The van der Waals surface area contributed by atoms with Crippen molar-refractivity contribution < 1.29 is 22.7 Å². The molecule has 150 valence electrons. The van der Waals surface area contributed by atoms with Gasteiger partial charge in [-0.15, -0.1) is 0 Å². The molecular formula is C20H24N2O5S. The van der Waals surface area contributed by atoms with Crippen LogP contribution in [0.1, 0.15) is 40.5 Å². The zero-order valence-corrected chi connectivity index (χ0v) is 17.0. The topological polar surface area (TPSA) is 92.8 Å². The molecule has 2 aromatic carbocycles. The van der Waals surface area contributed by atoms with Crippen LogP contribution < -0.4 is 5.32 Å². The lowest BCUT2D eigenvalue weighted by Gasteiger charge is -2.12. The minimum atomic E-state index is -3.55. The van der Waals surface area contributed by atoms with Crippen LogP contribution in [0.5, 0.6) is 0 Å². The van der Waals surface area contributed by atoms with Crippen molar-refractivity contribution in [2.75, 3.05) is 26.0 Å². The van der Waals surface area contributed by atoms with Crippen LogP contribution >= 0.6 is 0 Å². The Morgan fingerprint density at radius 1 is 1.04 bits per heavy atom. The molecule has 8 heteroatoms. The lowest BCUT2D eigenvalue weighted by atomic mass is 10.1. The SMILES string of the molecule is CCCCOC(=O)c1cccc(NC(=O)c2ccc(S(=O)(=O)N(C)C)cc2)c1. The van der Waals surface area contributed by atoms with Crippen molar-refractivity contribution >= 4 is 27.6 Å². The second-order valence-corrected chi connectivity index (χ2v) is 8.49. The van der Waals surface area contributed by atoms with Gasteiger partial charge in [-0.25, -0.2) is 17.5 Å². The predicted octanol–water partition coefficient (Wildman–Crippen LogP) is 3.15. The second-order valence-electron chi connectivity index (χ2n) is 6.34. The number of unbranched alkanes of at least 4 members (excludes halogenated alkanes) is 1. The summed E-state index contributed by atoms with van der Waals surface area (Å²) in [6.07, 6.45) is 1.72. The van der Waals surface area contributed by atoms with Gasteiger partial charge in [0, 0.05) is 25.3 Å². The van der Waals surface area contributed by atoms with Gasteiger partial charge in [0.15, 0.2) is 0 Å². The maximum atomic E-state index is 12.4. The highest BCUT2D eigenvalue weighted by molar-refractivity contribution is 7.89. The number of benzene rings is 2. The van der Waals surface area contributed by atoms with Gasteiger partial charge in [-0.2, -0.15) is 0 Å². The molecule has 28 heavy (non-hydrogen) atoms. The fourth-order valence-corrected chi connectivity index (χ4v) is 3.21. The molecule has 0 atom stereocenters. The van der Waals surface area contributed by atoms with Gasteiger partial charge in [-0.3, -0.25) is 4.79 Å². The molecule has 0 saturated heterocycles. The van der Waals surface area contributed by atoms with Crippen molar-refractivity contribution in [1.82, 2.24) is 4.31 Å². The first kappa shape index (κ1) is 21.6. The molecule has 0 aliphatic carbocycles. The summed E-state index contributed by atoms with van der Waals surface area (Å²) in [5.41, 5.74) is 1.09. The number of hydrogen-bond donors (Lipinski definition) is 1. The van der Waals surface area contributed by atoms with Gasteiger partial charge >= 0.3 is 5.97 Å². The number of amides is 1. The second kappa shape index (κ2) is 9.48. The zero-order valence-electron chi connectivity index (χ0n) is 16.1. The summed E-state index contributed by atoms with van der Waals surface area (Å²) in [6, 6.07) is 12.1. The number of hydrogen-bond acceptors (Lipinski definition) is 5. The normalized spacial score (nSPS) is 11.3. The molecule has 2 rings (SSSR count). The Hall–Kier alpha value is -2.71.